The average Bonchev–Trinajstić information content (AvgIpc) is 2.92. The van der Waals surface area contributed by atoms with E-state index >= 15 is 0 Å². The topological polar surface area (TPSA) is 71.5 Å². The number of ketones is 2. The molecule has 0 fully saturated rings. The molecule has 0 aliphatic heterocycles. The Hall–Kier alpha value is -3.68. The van der Waals surface area contributed by atoms with Gasteiger partial charge in [0.25, 0.3) is 0 Å². The van der Waals surface area contributed by atoms with Gasteiger partial charge in [-0.3, -0.25) is 9.59 Å². The van der Waals surface area contributed by atoms with Crippen LogP contribution in [0.3, 0.4) is 0 Å². The number of Topliss-reactive ketones (excluding diaryl/α,β-unsaturated/α-hetero) is 1. The van der Waals surface area contributed by atoms with Crippen molar-refractivity contribution in [1.29, 1.82) is 0 Å². The zero-order valence-electron chi connectivity index (χ0n) is 21.7. The lowest BCUT2D eigenvalue weighted by Crippen LogP contribution is -2.40. The maximum absolute atomic E-state index is 13.3. The van der Waals surface area contributed by atoms with Gasteiger partial charge in [0.15, 0.2) is 21.4 Å². The molecule has 7 heteroatoms. The van der Waals surface area contributed by atoms with Crippen LogP contribution in [-0.2, 0) is 9.84 Å². The quantitative estimate of drug-likeness (QED) is 0.197. The molecule has 4 aromatic carbocycles. The number of nitrogens with zero attached hydrogens (tertiary/aromatic N) is 1. The molecule has 0 aliphatic rings. The summed E-state index contributed by atoms with van der Waals surface area (Å²) in [5.74, 6) is -0.542. The van der Waals surface area contributed by atoms with Gasteiger partial charge in [-0.1, -0.05) is 17.7 Å². The third-order valence-corrected chi connectivity index (χ3v) is 9.43. The third kappa shape index (κ3) is 5.30. The maximum atomic E-state index is 13.3. The Kier molecular flexibility index (Phi) is 7.63. The number of thiol groups is 1. The second-order valence-corrected chi connectivity index (χ2v) is 12.7. The Morgan fingerprint density at radius 1 is 0.684 bits per heavy atom. The SMILES string of the molecule is Cc1ccc(S(=O)(=O)C(C)(C)C(=O)c2ccc(N(C)c3ccc(C(=O)c4ccc(S)cc4)cc3)cc2)cc1. The summed E-state index contributed by atoms with van der Waals surface area (Å²) >= 11 is 4.26. The lowest BCUT2D eigenvalue weighted by Gasteiger charge is -2.24. The molecule has 0 radical (unpaired) electrons. The molecule has 0 N–H and O–H groups in total. The monoisotopic (exact) mass is 543 g/mol. The number of sulfone groups is 1. The molecular formula is C31H29NO4S2. The van der Waals surface area contributed by atoms with Gasteiger partial charge < -0.3 is 4.90 Å². The predicted octanol–water partition coefficient (Wildman–Crippen LogP) is 6.72. The minimum absolute atomic E-state index is 0.0707. The minimum atomic E-state index is -3.90. The van der Waals surface area contributed by atoms with Crippen molar-refractivity contribution < 1.29 is 18.0 Å². The van der Waals surface area contributed by atoms with E-state index in [0.717, 1.165) is 21.8 Å². The van der Waals surface area contributed by atoms with Gasteiger partial charge in [-0.15, -0.1) is 12.6 Å². The molecule has 5 nitrogen and oxygen atoms in total. The van der Waals surface area contributed by atoms with Crippen molar-refractivity contribution in [1.82, 2.24) is 0 Å². The summed E-state index contributed by atoms with van der Waals surface area (Å²) in [4.78, 5) is 28.9. The van der Waals surface area contributed by atoms with Crippen LogP contribution in [0.15, 0.2) is 107 Å². The van der Waals surface area contributed by atoms with Gasteiger partial charge in [0.2, 0.25) is 0 Å². The summed E-state index contributed by atoms with van der Waals surface area (Å²) in [6.45, 7) is 4.77. The van der Waals surface area contributed by atoms with Crippen molar-refractivity contribution in [2.45, 2.75) is 35.3 Å². The van der Waals surface area contributed by atoms with Crippen molar-refractivity contribution in [3.05, 3.63) is 119 Å². The Bertz CT molecular complexity index is 1570. The fraction of sp³-hybridized carbons (Fsp3) is 0.161. The summed E-state index contributed by atoms with van der Waals surface area (Å²) in [6, 6.07) is 27.7. The molecule has 38 heavy (non-hydrogen) atoms. The maximum Gasteiger partial charge on any atom is 0.193 e. The molecular weight excluding hydrogens is 514 g/mol. The zero-order chi connectivity index (χ0) is 27.7. The number of carbonyl (C=O) groups is 2. The van der Waals surface area contributed by atoms with Crippen LogP contribution in [0.4, 0.5) is 11.4 Å². The van der Waals surface area contributed by atoms with Gasteiger partial charge in [0, 0.05) is 40.0 Å². The first-order valence-electron chi connectivity index (χ1n) is 12.1. The van der Waals surface area contributed by atoms with Crippen molar-refractivity contribution in [3.8, 4) is 0 Å². The van der Waals surface area contributed by atoms with Crippen LogP contribution in [0.1, 0.15) is 45.7 Å². The van der Waals surface area contributed by atoms with Gasteiger partial charge in [-0.25, -0.2) is 8.42 Å². The number of carbonyl (C=O) groups excluding carboxylic acids is 2. The van der Waals surface area contributed by atoms with Crippen LogP contribution >= 0.6 is 12.6 Å². The Morgan fingerprint density at radius 3 is 1.58 bits per heavy atom. The van der Waals surface area contributed by atoms with Crippen LogP contribution in [0.2, 0.25) is 0 Å². The summed E-state index contributed by atoms with van der Waals surface area (Å²) in [5.41, 5.74) is 4.09. The van der Waals surface area contributed by atoms with E-state index in [1.54, 1.807) is 72.8 Å². The lowest BCUT2D eigenvalue weighted by atomic mass is 10.00. The van der Waals surface area contributed by atoms with Gasteiger partial charge in [-0.05, 0) is 106 Å². The molecule has 0 bridgehead atoms. The number of rotatable bonds is 8. The highest BCUT2D eigenvalue weighted by atomic mass is 32.2. The molecule has 4 rings (SSSR count). The highest BCUT2D eigenvalue weighted by Gasteiger charge is 2.43. The number of aryl methyl sites for hydroxylation is 1. The molecule has 0 saturated heterocycles. The first-order chi connectivity index (χ1) is 17.9. The molecule has 0 amide bonds. The normalized spacial score (nSPS) is 11.7. The molecule has 0 unspecified atom stereocenters. The molecule has 0 saturated carbocycles. The van der Waals surface area contributed by atoms with Crippen LogP contribution < -0.4 is 4.90 Å². The number of anilines is 2. The standard InChI is InChI=1S/C31H29NO4S2/c1-21-5-19-28(20-6-21)38(35,36)31(2,3)30(34)24-9-15-26(16-10-24)32(4)25-13-7-22(8-14-25)29(33)23-11-17-27(37)18-12-23/h5-20,37H,1-4H3. The number of hydrogen-bond acceptors (Lipinski definition) is 6. The third-order valence-electron chi connectivity index (χ3n) is 6.71. The fourth-order valence-electron chi connectivity index (χ4n) is 4.08. The van der Waals surface area contributed by atoms with Crippen molar-refractivity contribution >= 4 is 45.4 Å². The first kappa shape index (κ1) is 27.4. The van der Waals surface area contributed by atoms with Crippen LogP contribution in [0, 0.1) is 6.92 Å². The second kappa shape index (κ2) is 10.6. The van der Waals surface area contributed by atoms with Gasteiger partial charge in [0.05, 0.1) is 4.90 Å². The van der Waals surface area contributed by atoms with Gasteiger partial charge in [0.1, 0.15) is 4.75 Å². The number of benzene rings is 4. The van der Waals surface area contributed by atoms with Crippen molar-refractivity contribution in [2.24, 2.45) is 0 Å². The molecule has 194 valence electrons. The fourth-order valence-corrected chi connectivity index (χ4v) is 5.68. The zero-order valence-corrected chi connectivity index (χ0v) is 23.4. The average molecular weight is 544 g/mol. The van der Waals surface area contributed by atoms with E-state index in [4.69, 9.17) is 0 Å². The molecule has 0 aliphatic carbocycles. The smallest absolute Gasteiger partial charge is 0.193 e. The summed E-state index contributed by atoms with van der Waals surface area (Å²) in [7, 11) is -2.02. The summed E-state index contributed by atoms with van der Waals surface area (Å²) in [5, 5.41) is 0. The molecule has 0 atom stereocenters. The van der Waals surface area contributed by atoms with Crippen LogP contribution in [0.25, 0.3) is 0 Å². The van der Waals surface area contributed by atoms with E-state index < -0.39 is 20.4 Å². The highest BCUT2D eigenvalue weighted by molar-refractivity contribution is 7.93. The molecule has 0 heterocycles. The molecule has 0 spiro atoms. The van der Waals surface area contributed by atoms with Crippen LogP contribution in [-0.4, -0.2) is 31.8 Å². The number of hydrogen-bond donors (Lipinski definition) is 1. The van der Waals surface area contributed by atoms with E-state index in [9.17, 15) is 18.0 Å². The Morgan fingerprint density at radius 2 is 1.11 bits per heavy atom. The lowest BCUT2D eigenvalue weighted by molar-refractivity contribution is 0.0953. The van der Waals surface area contributed by atoms with E-state index in [0.29, 0.717) is 16.7 Å². The van der Waals surface area contributed by atoms with Gasteiger partial charge in [-0.2, -0.15) is 0 Å². The minimum Gasteiger partial charge on any atom is -0.345 e. The first-order valence-corrected chi connectivity index (χ1v) is 14.0. The molecule has 4 aromatic rings. The van der Waals surface area contributed by atoms with Crippen molar-refractivity contribution in [3.63, 3.8) is 0 Å². The van der Waals surface area contributed by atoms with Crippen LogP contribution in [0.5, 0.6) is 0 Å². The van der Waals surface area contributed by atoms with E-state index in [2.05, 4.69) is 12.6 Å². The summed E-state index contributed by atoms with van der Waals surface area (Å²) in [6.07, 6.45) is 0. The Balaban J connectivity index is 1.51. The van der Waals surface area contributed by atoms with Gasteiger partial charge >= 0.3 is 0 Å². The van der Waals surface area contributed by atoms with E-state index in [1.165, 1.54) is 26.0 Å². The second-order valence-electron chi connectivity index (χ2n) is 9.68. The predicted molar refractivity (Wildman–Crippen MR) is 155 cm³/mol. The van der Waals surface area contributed by atoms with E-state index in [1.807, 2.05) is 31.0 Å². The largest absolute Gasteiger partial charge is 0.345 e. The molecule has 0 aromatic heterocycles. The van der Waals surface area contributed by atoms with E-state index in [-0.39, 0.29) is 10.7 Å². The summed E-state index contributed by atoms with van der Waals surface area (Å²) < 4.78 is 24.9. The highest BCUT2D eigenvalue weighted by Crippen LogP contribution is 2.31. The van der Waals surface area contributed by atoms with Crippen molar-refractivity contribution in [2.75, 3.05) is 11.9 Å². The Labute approximate surface area is 229 Å².